The van der Waals surface area contributed by atoms with Crippen molar-refractivity contribution < 1.29 is 17.9 Å². The summed E-state index contributed by atoms with van der Waals surface area (Å²) in [4.78, 5) is 20.1. The van der Waals surface area contributed by atoms with E-state index in [1.807, 2.05) is 24.8 Å². The lowest BCUT2D eigenvalue weighted by molar-refractivity contribution is -0.134. The first-order valence-corrected chi connectivity index (χ1v) is 14.0. The number of methoxy groups -OCH3 is 1. The summed E-state index contributed by atoms with van der Waals surface area (Å²) in [6.45, 7) is 12.7. The van der Waals surface area contributed by atoms with Crippen LogP contribution in [0.5, 0.6) is 0 Å². The van der Waals surface area contributed by atoms with Crippen molar-refractivity contribution in [2.24, 2.45) is 0 Å². The minimum atomic E-state index is -3.56. The molecule has 0 spiro atoms. The van der Waals surface area contributed by atoms with E-state index in [2.05, 4.69) is 25.3 Å². The summed E-state index contributed by atoms with van der Waals surface area (Å²) in [7, 11) is -1.91. The smallest absolute Gasteiger partial charge is 0.243 e. The average molecular weight is 495 g/mol. The van der Waals surface area contributed by atoms with Crippen LogP contribution in [0.4, 0.5) is 0 Å². The Bertz CT molecular complexity index is 1030. The zero-order valence-electron chi connectivity index (χ0n) is 21.7. The zero-order valence-corrected chi connectivity index (χ0v) is 22.5. The second-order valence-corrected chi connectivity index (χ2v) is 10.4. The van der Waals surface area contributed by atoms with Gasteiger partial charge in [-0.2, -0.15) is 4.31 Å². The van der Waals surface area contributed by atoms with Crippen LogP contribution in [0.3, 0.4) is 0 Å². The predicted octanol–water partition coefficient (Wildman–Crippen LogP) is 4.07. The number of aromatic nitrogens is 2. The van der Waals surface area contributed by atoms with Gasteiger partial charge >= 0.3 is 0 Å². The fourth-order valence-corrected chi connectivity index (χ4v) is 5.97. The fourth-order valence-electron chi connectivity index (χ4n) is 4.49. The molecule has 0 radical (unpaired) electrons. The van der Waals surface area contributed by atoms with Crippen LogP contribution in [0.15, 0.2) is 23.1 Å². The maximum absolute atomic E-state index is 13.1. The molecule has 0 bridgehead atoms. The lowest BCUT2D eigenvalue weighted by atomic mass is 10.1. The SMILES string of the molecule is CCCn1c(CCC(=O)N(CCOC)C(CC)CC)nc2cc(S(=O)(=O)N(CC)CC)ccc21. The molecule has 0 aliphatic heterocycles. The van der Waals surface area contributed by atoms with Crippen molar-refractivity contribution in [1.82, 2.24) is 18.8 Å². The molecule has 1 aromatic heterocycles. The maximum atomic E-state index is 13.1. The van der Waals surface area contributed by atoms with Gasteiger partial charge in [0.05, 0.1) is 22.5 Å². The van der Waals surface area contributed by atoms with Crippen LogP contribution in [0.2, 0.25) is 0 Å². The number of hydrogen-bond acceptors (Lipinski definition) is 5. The number of rotatable bonds is 15. The summed E-state index contributed by atoms with van der Waals surface area (Å²) < 4.78 is 34.8. The molecule has 9 heteroatoms. The van der Waals surface area contributed by atoms with Gasteiger partial charge in [-0.1, -0.05) is 34.6 Å². The molecule has 1 amide bonds. The Hall–Kier alpha value is -1.97. The Kier molecular flexibility index (Phi) is 11.0. The quantitative estimate of drug-likeness (QED) is 0.373. The summed E-state index contributed by atoms with van der Waals surface area (Å²) in [5.74, 6) is 0.921. The first-order chi connectivity index (χ1) is 16.3. The number of imidazole rings is 1. The first kappa shape index (κ1) is 28.3. The van der Waals surface area contributed by atoms with E-state index in [1.165, 1.54) is 4.31 Å². The molecule has 1 aromatic carbocycles. The van der Waals surface area contributed by atoms with E-state index in [1.54, 1.807) is 19.2 Å². The normalized spacial score (nSPS) is 12.2. The average Bonchev–Trinajstić information content (AvgIpc) is 3.17. The topological polar surface area (TPSA) is 84.7 Å². The summed E-state index contributed by atoms with van der Waals surface area (Å²) >= 11 is 0. The molecule has 2 aromatic rings. The third kappa shape index (κ3) is 6.37. The first-order valence-electron chi connectivity index (χ1n) is 12.6. The second-order valence-electron chi connectivity index (χ2n) is 8.47. The molecule has 0 atom stereocenters. The highest BCUT2D eigenvalue weighted by Crippen LogP contribution is 2.24. The van der Waals surface area contributed by atoms with Gasteiger partial charge in [-0.25, -0.2) is 13.4 Å². The number of sulfonamides is 1. The van der Waals surface area contributed by atoms with Gasteiger partial charge in [-0.15, -0.1) is 0 Å². The van der Waals surface area contributed by atoms with Gasteiger partial charge in [-0.3, -0.25) is 4.79 Å². The van der Waals surface area contributed by atoms with Crippen molar-refractivity contribution in [2.45, 2.75) is 84.2 Å². The molecule has 1 heterocycles. The molecule has 0 fully saturated rings. The van der Waals surface area contributed by atoms with E-state index in [0.29, 0.717) is 44.6 Å². The van der Waals surface area contributed by atoms with Crippen LogP contribution in [-0.2, 0) is 32.5 Å². The molecular formula is C25H42N4O4S. The molecule has 0 aliphatic rings. The van der Waals surface area contributed by atoms with Crippen molar-refractivity contribution in [3.8, 4) is 0 Å². The summed E-state index contributed by atoms with van der Waals surface area (Å²) in [6, 6.07) is 5.37. The summed E-state index contributed by atoms with van der Waals surface area (Å²) in [6.07, 6.45) is 3.60. The number of hydrogen-bond donors (Lipinski definition) is 0. The number of amides is 1. The lowest BCUT2D eigenvalue weighted by Gasteiger charge is -2.30. The van der Waals surface area contributed by atoms with Crippen LogP contribution in [0, 0.1) is 0 Å². The Morgan fingerprint density at radius 2 is 1.79 bits per heavy atom. The molecule has 0 N–H and O–H groups in total. The van der Waals surface area contributed by atoms with E-state index < -0.39 is 10.0 Å². The van der Waals surface area contributed by atoms with E-state index in [9.17, 15) is 13.2 Å². The lowest BCUT2D eigenvalue weighted by Crippen LogP contribution is -2.42. The molecule has 0 saturated heterocycles. The predicted molar refractivity (Wildman–Crippen MR) is 136 cm³/mol. The van der Waals surface area contributed by atoms with Crippen LogP contribution >= 0.6 is 0 Å². The Morgan fingerprint density at radius 1 is 1.12 bits per heavy atom. The Labute approximate surface area is 205 Å². The second kappa shape index (κ2) is 13.2. The van der Waals surface area contributed by atoms with E-state index in [0.717, 1.165) is 37.1 Å². The Balaban J connectivity index is 2.34. The van der Waals surface area contributed by atoms with Crippen LogP contribution < -0.4 is 0 Å². The van der Waals surface area contributed by atoms with Crippen LogP contribution in [0.1, 0.15) is 66.1 Å². The van der Waals surface area contributed by atoms with Crippen molar-refractivity contribution in [1.29, 1.82) is 0 Å². The number of nitrogens with zero attached hydrogens (tertiary/aromatic N) is 4. The minimum absolute atomic E-state index is 0.102. The molecule has 0 aliphatic carbocycles. The number of carbonyl (C=O) groups excluding carboxylic acids is 1. The fraction of sp³-hybridized carbons (Fsp3) is 0.680. The van der Waals surface area contributed by atoms with E-state index in [-0.39, 0.29) is 16.8 Å². The molecule has 0 saturated carbocycles. The number of benzene rings is 1. The minimum Gasteiger partial charge on any atom is -0.383 e. The Morgan fingerprint density at radius 3 is 2.35 bits per heavy atom. The third-order valence-electron chi connectivity index (χ3n) is 6.39. The highest BCUT2D eigenvalue weighted by Gasteiger charge is 2.24. The number of fused-ring (bicyclic) bond motifs is 1. The highest BCUT2D eigenvalue weighted by atomic mass is 32.2. The molecule has 0 unspecified atom stereocenters. The largest absolute Gasteiger partial charge is 0.383 e. The van der Waals surface area contributed by atoms with E-state index >= 15 is 0 Å². The number of aryl methyl sites for hydroxylation is 2. The third-order valence-corrected chi connectivity index (χ3v) is 8.44. The standard InChI is InChI=1S/C25H42N4O4S/c1-7-16-29-23-13-12-21(34(31,32)27(10-4)11-5)19-22(23)26-24(29)14-15-25(30)28(17-18-33-6)20(8-2)9-3/h12-13,19-20H,7-11,14-18H2,1-6H3. The van der Waals surface area contributed by atoms with Crippen molar-refractivity contribution >= 4 is 27.0 Å². The van der Waals surface area contributed by atoms with Crippen LogP contribution in [0.25, 0.3) is 11.0 Å². The molecule has 2 rings (SSSR count). The highest BCUT2D eigenvalue weighted by molar-refractivity contribution is 7.89. The van der Waals surface area contributed by atoms with Gasteiger partial charge < -0.3 is 14.2 Å². The zero-order chi connectivity index (χ0) is 25.3. The van der Waals surface area contributed by atoms with Crippen LogP contribution in [-0.4, -0.2) is 72.5 Å². The van der Waals surface area contributed by atoms with Gasteiger partial charge in [0.15, 0.2) is 0 Å². The molecule has 34 heavy (non-hydrogen) atoms. The van der Waals surface area contributed by atoms with Crippen molar-refractivity contribution in [3.05, 3.63) is 24.0 Å². The van der Waals surface area contributed by atoms with Gasteiger partial charge in [0.1, 0.15) is 5.82 Å². The van der Waals surface area contributed by atoms with Gasteiger partial charge in [-0.05, 0) is 37.5 Å². The van der Waals surface area contributed by atoms with E-state index in [4.69, 9.17) is 9.72 Å². The molecular weight excluding hydrogens is 452 g/mol. The van der Waals surface area contributed by atoms with Gasteiger partial charge in [0.2, 0.25) is 15.9 Å². The monoisotopic (exact) mass is 494 g/mol. The molecule has 192 valence electrons. The van der Waals surface area contributed by atoms with Crippen molar-refractivity contribution in [2.75, 3.05) is 33.4 Å². The summed E-state index contributed by atoms with van der Waals surface area (Å²) in [5, 5.41) is 0. The summed E-state index contributed by atoms with van der Waals surface area (Å²) in [5.41, 5.74) is 1.55. The van der Waals surface area contributed by atoms with Gasteiger partial charge in [0, 0.05) is 52.2 Å². The maximum Gasteiger partial charge on any atom is 0.243 e. The van der Waals surface area contributed by atoms with Crippen molar-refractivity contribution in [3.63, 3.8) is 0 Å². The van der Waals surface area contributed by atoms with Gasteiger partial charge in [0.25, 0.3) is 0 Å². The number of carbonyl (C=O) groups is 1. The molecule has 8 nitrogen and oxygen atoms in total. The number of ether oxygens (including phenoxy) is 1.